The first-order chi connectivity index (χ1) is 8.61. The van der Waals surface area contributed by atoms with Gasteiger partial charge in [0.15, 0.2) is 0 Å². The van der Waals surface area contributed by atoms with Gasteiger partial charge >= 0.3 is 5.97 Å². The van der Waals surface area contributed by atoms with Crippen LogP contribution in [-0.2, 0) is 4.79 Å². The van der Waals surface area contributed by atoms with E-state index in [9.17, 15) is 4.79 Å². The zero-order valence-corrected chi connectivity index (χ0v) is 11.6. The van der Waals surface area contributed by atoms with Gasteiger partial charge in [0.05, 0.1) is 5.52 Å². The van der Waals surface area contributed by atoms with Gasteiger partial charge in [-0.25, -0.2) is 14.8 Å². The molecule has 0 saturated heterocycles. The third kappa shape index (κ3) is 3.32. The van der Waals surface area contributed by atoms with E-state index in [2.05, 4.69) is 15.3 Å². The molecule has 5 nitrogen and oxygen atoms in total. The minimum atomic E-state index is -0.878. The minimum absolute atomic E-state index is 0. The number of carbonyl (C=O) groups is 1. The smallest absolute Gasteiger partial charge is 0.326 e. The van der Waals surface area contributed by atoms with Crippen molar-refractivity contribution in [3.05, 3.63) is 30.1 Å². The molecule has 1 atom stereocenters. The molecule has 0 aliphatic carbocycles. The first-order valence-corrected chi connectivity index (χ1v) is 5.82. The van der Waals surface area contributed by atoms with Gasteiger partial charge < -0.3 is 10.4 Å². The summed E-state index contributed by atoms with van der Waals surface area (Å²) in [5, 5.41) is 12.8. The Kier molecular flexibility index (Phi) is 5.06. The Morgan fingerprint density at radius 2 is 2.16 bits per heavy atom. The van der Waals surface area contributed by atoms with Crippen LogP contribution in [0.1, 0.15) is 18.9 Å². The highest BCUT2D eigenvalue weighted by Gasteiger charge is 2.16. The summed E-state index contributed by atoms with van der Waals surface area (Å²) < 4.78 is 0. The number of hydrogen-bond acceptors (Lipinski definition) is 4. The van der Waals surface area contributed by atoms with Gasteiger partial charge in [-0.2, -0.15) is 0 Å². The van der Waals surface area contributed by atoms with Crippen LogP contribution in [0.5, 0.6) is 0 Å². The molecule has 0 fully saturated rings. The molecular weight excluding hydrogens is 266 g/mol. The van der Waals surface area contributed by atoms with E-state index in [-0.39, 0.29) is 12.4 Å². The third-order valence-corrected chi connectivity index (χ3v) is 2.81. The van der Waals surface area contributed by atoms with E-state index in [0.717, 1.165) is 16.5 Å². The molecular formula is C13H16ClN3O2. The van der Waals surface area contributed by atoms with Gasteiger partial charge in [-0.3, -0.25) is 0 Å². The molecule has 1 heterocycles. The lowest BCUT2D eigenvalue weighted by Gasteiger charge is -2.14. The van der Waals surface area contributed by atoms with E-state index in [1.807, 2.05) is 32.0 Å². The molecule has 0 amide bonds. The van der Waals surface area contributed by atoms with E-state index in [1.54, 1.807) is 0 Å². The van der Waals surface area contributed by atoms with Crippen molar-refractivity contribution in [1.29, 1.82) is 0 Å². The number of fused-ring (bicyclic) bond motifs is 1. The SMILES string of the molecule is CCC(Nc1ncnc2ccc(C)cc12)C(=O)O.Cl. The largest absolute Gasteiger partial charge is 0.480 e. The van der Waals surface area contributed by atoms with Crippen LogP contribution >= 0.6 is 12.4 Å². The maximum atomic E-state index is 11.0. The minimum Gasteiger partial charge on any atom is -0.480 e. The summed E-state index contributed by atoms with van der Waals surface area (Å²) in [7, 11) is 0. The van der Waals surface area contributed by atoms with Crippen molar-refractivity contribution in [3.63, 3.8) is 0 Å². The molecule has 102 valence electrons. The molecule has 19 heavy (non-hydrogen) atoms. The second-order valence-corrected chi connectivity index (χ2v) is 4.19. The number of benzene rings is 1. The molecule has 0 aliphatic rings. The van der Waals surface area contributed by atoms with Crippen LogP contribution in [-0.4, -0.2) is 27.1 Å². The quantitative estimate of drug-likeness (QED) is 0.901. The number of nitrogens with zero attached hydrogens (tertiary/aromatic N) is 2. The number of aliphatic carboxylic acids is 1. The number of hydrogen-bond donors (Lipinski definition) is 2. The summed E-state index contributed by atoms with van der Waals surface area (Å²) in [5.41, 5.74) is 1.89. The highest BCUT2D eigenvalue weighted by Crippen LogP contribution is 2.21. The summed E-state index contributed by atoms with van der Waals surface area (Å²) in [6, 6.07) is 5.18. The summed E-state index contributed by atoms with van der Waals surface area (Å²) in [4.78, 5) is 19.3. The Morgan fingerprint density at radius 3 is 2.79 bits per heavy atom. The highest BCUT2D eigenvalue weighted by atomic mass is 35.5. The number of aryl methyl sites for hydroxylation is 1. The van der Waals surface area contributed by atoms with Gasteiger partial charge in [0, 0.05) is 5.39 Å². The molecule has 0 bridgehead atoms. The summed E-state index contributed by atoms with van der Waals surface area (Å²) in [5.74, 6) is -0.310. The zero-order valence-electron chi connectivity index (χ0n) is 10.8. The van der Waals surface area contributed by atoms with Gasteiger partial charge in [0.2, 0.25) is 0 Å². The fraction of sp³-hybridized carbons (Fsp3) is 0.308. The van der Waals surface area contributed by atoms with Crippen LogP contribution < -0.4 is 5.32 Å². The Hall–Kier alpha value is -1.88. The molecule has 2 N–H and O–H groups in total. The molecule has 0 radical (unpaired) electrons. The fourth-order valence-corrected chi connectivity index (χ4v) is 1.79. The lowest BCUT2D eigenvalue weighted by molar-refractivity contribution is -0.137. The van der Waals surface area contributed by atoms with Crippen molar-refractivity contribution in [2.45, 2.75) is 26.3 Å². The average Bonchev–Trinajstić information content (AvgIpc) is 2.35. The van der Waals surface area contributed by atoms with Crippen LogP contribution in [0.2, 0.25) is 0 Å². The van der Waals surface area contributed by atoms with E-state index >= 15 is 0 Å². The standard InChI is InChI=1S/C13H15N3O2.ClH/c1-3-10(13(17)18)16-12-9-6-8(2)4-5-11(9)14-7-15-12;/h4-7,10H,3H2,1-2H3,(H,17,18)(H,14,15,16);1H. The van der Waals surface area contributed by atoms with E-state index in [1.165, 1.54) is 6.33 Å². The average molecular weight is 282 g/mol. The molecule has 1 aromatic heterocycles. The van der Waals surface area contributed by atoms with Crippen LogP contribution in [0, 0.1) is 6.92 Å². The van der Waals surface area contributed by atoms with Crippen LogP contribution in [0.4, 0.5) is 5.82 Å². The predicted molar refractivity (Wildman–Crippen MR) is 76.9 cm³/mol. The Balaban J connectivity index is 0.00000180. The lowest BCUT2D eigenvalue weighted by Crippen LogP contribution is -2.28. The number of carboxylic acid groups (broad SMARTS) is 1. The molecule has 2 aromatic rings. The number of rotatable bonds is 4. The van der Waals surface area contributed by atoms with Gasteiger partial charge in [-0.05, 0) is 25.5 Å². The van der Waals surface area contributed by atoms with Gasteiger partial charge in [0.1, 0.15) is 18.2 Å². The van der Waals surface area contributed by atoms with Crippen molar-refractivity contribution in [2.24, 2.45) is 0 Å². The highest BCUT2D eigenvalue weighted by molar-refractivity contribution is 5.91. The van der Waals surface area contributed by atoms with Gasteiger partial charge in [-0.1, -0.05) is 18.6 Å². The zero-order chi connectivity index (χ0) is 13.1. The Bertz CT molecular complexity index is 589. The third-order valence-electron chi connectivity index (χ3n) is 2.81. The van der Waals surface area contributed by atoms with Crippen LogP contribution in [0.15, 0.2) is 24.5 Å². The number of nitrogens with one attached hydrogen (secondary N) is 1. The first kappa shape index (κ1) is 15.2. The van der Waals surface area contributed by atoms with E-state index in [4.69, 9.17) is 5.11 Å². The summed E-state index contributed by atoms with van der Waals surface area (Å²) in [6.07, 6.45) is 1.93. The molecule has 2 rings (SSSR count). The first-order valence-electron chi connectivity index (χ1n) is 5.82. The topological polar surface area (TPSA) is 75.1 Å². The van der Waals surface area contributed by atoms with Crippen molar-refractivity contribution >= 4 is 35.1 Å². The number of anilines is 1. The van der Waals surface area contributed by atoms with E-state index in [0.29, 0.717) is 12.2 Å². The number of aromatic nitrogens is 2. The van der Waals surface area contributed by atoms with Gasteiger partial charge in [0.25, 0.3) is 0 Å². The molecule has 0 aliphatic heterocycles. The normalized spacial score (nSPS) is 11.7. The molecule has 1 unspecified atom stereocenters. The number of halogens is 1. The van der Waals surface area contributed by atoms with Crippen LogP contribution in [0.25, 0.3) is 10.9 Å². The van der Waals surface area contributed by atoms with Crippen molar-refractivity contribution in [2.75, 3.05) is 5.32 Å². The lowest BCUT2D eigenvalue weighted by atomic mass is 10.1. The monoisotopic (exact) mass is 281 g/mol. The second-order valence-electron chi connectivity index (χ2n) is 4.19. The summed E-state index contributed by atoms with van der Waals surface area (Å²) in [6.45, 7) is 3.80. The van der Waals surface area contributed by atoms with E-state index < -0.39 is 12.0 Å². The van der Waals surface area contributed by atoms with Crippen molar-refractivity contribution < 1.29 is 9.90 Å². The van der Waals surface area contributed by atoms with Gasteiger partial charge in [-0.15, -0.1) is 12.4 Å². The van der Waals surface area contributed by atoms with Crippen molar-refractivity contribution in [1.82, 2.24) is 9.97 Å². The second kappa shape index (κ2) is 6.33. The molecule has 0 saturated carbocycles. The molecule has 6 heteroatoms. The maximum absolute atomic E-state index is 11.0. The number of carboxylic acids is 1. The molecule has 0 spiro atoms. The summed E-state index contributed by atoms with van der Waals surface area (Å²) >= 11 is 0. The Labute approximate surface area is 117 Å². The molecule has 1 aromatic carbocycles. The Morgan fingerprint density at radius 1 is 1.42 bits per heavy atom. The maximum Gasteiger partial charge on any atom is 0.326 e. The fourth-order valence-electron chi connectivity index (χ4n) is 1.79. The predicted octanol–water partition coefficient (Wildman–Crippen LogP) is 2.64. The van der Waals surface area contributed by atoms with Crippen molar-refractivity contribution in [3.8, 4) is 0 Å². The van der Waals surface area contributed by atoms with Crippen LogP contribution in [0.3, 0.4) is 0 Å².